The van der Waals surface area contributed by atoms with Gasteiger partial charge in [0.05, 0.1) is 6.61 Å². The zero-order valence-electron chi connectivity index (χ0n) is 13.7. The monoisotopic (exact) mass is 300 g/mol. The molecule has 0 saturated carbocycles. The van der Waals surface area contributed by atoms with Crippen LogP contribution in [-0.2, 0) is 0 Å². The molecule has 0 radical (unpaired) electrons. The summed E-state index contributed by atoms with van der Waals surface area (Å²) < 4.78 is 11.7. The first kappa shape index (κ1) is 16.2. The van der Waals surface area contributed by atoms with Crippen LogP contribution in [0, 0.1) is 12.3 Å². The first-order chi connectivity index (χ1) is 10.4. The first-order valence-electron chi connectivity index (χ1n) is 7.60. The molecule has 0 unspecified atom stereocenters. The molecule has 0 aliphatic carbocycles. The summed E-state index contributed by atoms with van der Waals surface area (Å²) in [6.45, 7) is 9.25. The fourth-order valence-electron chi connectivity index (χ4n) is 1.85. The van der Waals surface area contributed by atoms with Crippen molar-refractivity contribution in [3.63, 3.8) is 0 Å². The molecule has 2 rings (SSSR count). The number of hydrogen-bond acceptors (Lipinski definition) is 3. The Labute approximate surface area is 132 Å². The van der Waals surface area contributed by atoms with Gasteiger partial charge in [0, 0.05) is 0 Å². The second kappa shape index (κ2) is 6.73. The fraction of sp³-hybridized carbons (Fsp3) is 0.368. The van der Waals surface area contributed by atoms with Crippen LogP contribution in [0.5, 0.6) is 23.0 Å². The molecule has 2 aromatic rings. The second-order valence-corrected chi connectivity index (χ2v) is 6.33. The summed E-state index contributed by atoms with van der Waals surface area (Å²) in [7, 11) is 0. The van der Waals surface area contributed by atoms with Gasteiger partial charge in [0.2, 0.25) is 0 Å². The molecular weight excluding hydrogens is 276 g/mol. The quantitative estimate of drug-likeness (QED) is 0.786. The molecule has 0 saturated heterocycles. The Morgan fingerprint density at radius 3 is 2.23 bits per heavy atom. The number of hydrogen-bond donors (Lipinski definition) is 1. The van der Waals surface area contributed by atoms with E-state index < -0.39 is 0 Å². The SMILES string of the molecule is CCC(C)(C)COc1ccc(Oc2ccc(O)cc2)c(C)c1. The lowest BCUT2D eigenvalue weighted by Gasteiger charge is -2.23. The molecular formula is C19H24O3. The van der Waals surface area contributed by atoms with Crippen LogP contribution in [0.3, 0.4) is 0 Å². The summed E-state index contributed by atoms with van der Waals surface area (Å²) in [5, 5.41) is 9.29. The highest BCUT2D eigenvalue weighted by Gasteiger charge is 2.16. The lowest BCUT2D eigenvalue weighted by atomic mass is 9.92. The first-order valence-corrected chi connectivity index (χ1v) is 7.60. The topological polar surface area (TPSA) is 38.7 Å². The van der Waals surface area contributed by atoms with E-state index in [4.69, 9.17) is 9.47 Å². The van der Waals surface area contributed by atoms with Crippen molar-refractivity contribution < 1.29 is 14.6 Å². The molecule has 3 heteroatoms. The molecule has 2 aromatic carbocycles. The number of ether oxygens (including phenoxy) is 2. The minimum Gasteiger partial charge on any atom is -0.508 e. The lowest BCUT2D eigenvalue weighted by Crippen LogP contribution is -2.20. The molecule has 0 aliphatic heterocycles. The summed E-state index contributed by atoms with van der Waals surface area (Å²) in [5.41, 5.74) is 1.19. The molecule has 0 bridgehead atoms. The zero-order valence-corrected chi connectivity index (χ0v) is 13.7. The molecule has 0 heterocycles. The Balaban J connectivity index is 2.04. The van der Waals surface area contributed by atoms with E-state index in [1.54, 1.807) is 24.3 Å². The van der Waals surface area contributed by atoms with E-state index in [-0.39, 0.29) is 11.2 Å². The second-order valence-electron chi connectivity index (χ2n) is 6.33. The third-order valence-electron chi connectivity index (χ3n) is 3.80. The Hall–Kier alpha value is -2.16. The Kier molecular flexibility index (Phi) is 4.96. The van der Waals surface area contributed by atoms with Gasteiger partial charge in [-0.25, -0.2) is 0 Å². The number of phenols is 1. The summed E-state index contributed by atoms with van der Waals surface area (Å²) in [6.07, 6.45) is 1.08. The van der Waals surface area contributed by atoms with Crippen LogP contribution in [0.15, 0.2) is 42.5 Å². The molecule has 22 heavy (non-hydrogen) atoms. The lowest BCUT2D eigenvalue weighted by molar-refractivity contribution is 0.175. The van der Waals surface area contributed by atoms with Crippen molar-refractivity contribution in [1.82, 2.24) is 0 Å². The average molecular weight is 300 g/mol. The van der Waals surface area contributed by atoms with E-state index in [1.165, 1.54) is 0 Å². The van der Waals surface area contributed by atoms with Crippen molar-refractivity contribution in [3.8, 4) is 23.0 Å². The van der Waals surface area contributed by atoms with Crippen LogP contribution < -0.4 is 9.47 Å². The predicted molar refractivity (Wildman–Crippen MR) is 88.9 cm³/mol. The van der Waals surface area contributed by atoms with E-state index in [1.807, 2.05) is 25.1 Å². The van der Waals surface area contributed by atoms with Crippen LogP contribution in [0.1, 0.15) is 32.8 Å². The molecule has 3 nitrogen and oxygen atoms in total. The molecule has 118 valence electrons. The standard InChI is InChI=1S/C19H24O3/c1-5-19(3,4)13-21-17-10-11-18(14(2)12-17)22-16-8-6-15(20)7-9-16/h6-12,20H,5,13H2,1-4H3. The van der Waals surface area contributed by atoms with Crippen molar-refractivity contribution in [2.24, 2.45) is 5.41 Å². The summed E-state index contributed by atoms with van der Waals surface area (Å²) in [6, 6.07) is 12.5. The van der Waals surface area contributed by atoms with Gasteiger partial charge in [-0.3, -0.25) is 0 Å². The van der Waals surface area contributed by atoms with E-state index in [0.29, 0.717) is 12.4 Å². The Morgan fingerprint density at radius 2 is 1.64 bits per heavy atom. The highest BCUT2D eigenvalue weighted by atomic mass is 16.5. The largest absolute Gasteiger partial charge is 0.508 e. The van der Waals surface area contributed by atoms with Crippen molar-refractivity contribution in [1.29, 1.82) is 0 Å². The van der Waals surface area contributed by atoms with Gasteiger partial charge in [0.15, 0.2) is 0 Å². The molecule has 0 aliphatic rings. The fourth-order valence-corrected chi connectivity index (χ4v) is 1.85. The van der Waals surface area contributed by atoms with Crippen molar-refractivity contribution >= 4 is 0 Å². The molecule has 1 N–H and O–H groups in total. The summed E-state index contributed by atoms with van der Waals surface area (Å²) >= 11 is 0. The van der Waals surface area contributed by atoms with E-state index in [2.05, 4.69) is 20.8 Å². The van der Waals surface area contributed by atoms with Crippen molar-refractivity contribution in [3.05, 3.63) is 48.0 Å². The number of phenolic OH excluding ortho intramolecular Hbond substituents is 1. The highest BCUT2D eigenvalue weighted by molar-refractivity contribution is 5.42. The van der Waals surface area contributed by atoms with Crippen LogP contribution in [-0.4, -0.2) is 11.7 Å². The van der Waals surface area contributed by atoms with Gasteiger partial charge < -0.3 is 14.6 Å². The minimum atomic E-state index is 0.176. The molecule has 0 amide bonds. The third kappa shape index (κ3) is 4.42. The van der Waals surface area contributed by atoms with E-state index in [0.717, 1.165) is 23.5 Å². The maximum absolute atomic E-state index is 9.29. The van der Waals surface area contributed by atoms with Gasteiger partial charge in [-0.05, 0) is 66.8 Å². The molecule has 0 aromatic heterocycles. The molecule has 0 atom stereocenters. The number of aryl methyl sites for hydroxylation is 1. The smallest absolute Gasteiger partial charge is 0.130 e. The van der Waals surface area contributed by atoms with Gasteiger partial charge in [-0.2, -0.15) is 0 Å². The molecule has 0 fully saturated rings. The summed E-state index contributed by atoms with van der Waals surface area (Å²) in [5.74, 6) is 2.57. The highest BCUT2D eigenvalue weighted by Crippen LogP contribution is 2.30. The van der Waals surface area contributed by atoms with Gasteiger partial charge in [-0.1, -0.05) is 20.8 Å². The summed E-state index contributed by atoms with van der Waals surface area (Å²) in [4.78, 5) is 0. The van der Waals surface area contributed by atoms with Crippen molar-refractivity contribution in [2.45, 2.75) is 34.1 Å². The van der Waals surface area contributed by atoms with Crippen molar-refractivity contribution in [2.75, 3.05) is 6.61 Å². The van der Waals surface area contributed by atoms with Gasteiger partial charge in [0.1, 0.15) is 23.0 Å². The van der Waals surface area contributed by atoms with Crippen LogP contribution in [0.2, 0.25) is 0 Å². The predicted octanol–water partition coefficient (Wildman–Crippen LogP) is 5.31. The third-order valence-corrected chi connectivity index (χ3v) is 3.80. The minimum absolute atomic E-state index is 0.176. The Bertz CT molecular complexity index is 615. The maximum Gasteiger partial charge on any atom is 0.130 e. The maximum atomic E-state index is 9.29. The van der Waals surface area contributed by atoms with Crippen LogP contribution in [0.4, 0.5) is 0 Å². The van der Waals surface area contributed by atoms with E-state index >= 15 is 0 Å². The Morgan fingerprint density at radius 1 is 1.00 bits per heavy atom. The average Bonchev–Trinajstić information content (AvgIpc) is 2.50. The number of benzene rings is 2. The number of rotatable bonds is 6. The van der Waals surface area contributed by atoms with E-state index in [9.17, 15) is 5.11 Å². The number of aromatic hydroxyl groups is 1. The normalized spacial score (nSPS) is 11.3. The molecule has 0 spiro atoms. The van der Waals surface area contributed by atoms with Gasteiger partial charge in [0.25, 0.3) is 0 Å². The van der Waals surface area contributed by atoms with Crippen LogP contribution in [0.25, 0.3) is 0 Å². The van der Waals surface area contributed by atoms with Gasteiger partial charge in [-0.15, -0.1) is 0 Å². The van der Waals surface area contributed by atoms with Crippen LogP contribution >= 0.6 is 0 Å². The van der Waals surface area contributed by atoms with Gasteiger partial charge >= 0.3 is 0 Å². The zero-order chi connectivity index (χ0) is 16.2.